The number of likely N-dealkylation sites (N-methyl/N-ethyl adjacent to an activating group) is 1. The number of hydrogen-bond donors (Lipinski definition) is 2. The van der Waals surface area contributed by atoms with Crippen LogP contribution in [0.3, 0.4) is 0 Å². The Morgan fingerprint density at radius 1 is 0.510 bits per heavy atom. The molecule has 49 heavy (non-hydrogen) atoms. The van der Waals surface area contributed by atoms with Gasteiger partial charge in [0.1, 0.15) is 12.7 Å². The summed E-state index contributed by atoms with van der Waals surface area (Å²) in [5, 5.41) is 5.78. The average Bonchev–Trinajstić information content (AvgIpc) is 3.11. The van der Waals surface area contributed by atoms with Gasteiger partial charge < -0.3 is 24.8 Å². The van der Waals surface area contributed by atoms with Gasteiger partial charge in [-0.1, -0.05) is 154 Å². The van der Waals surface area contributed by atoms with Gasteiger partial charge in [-0.25, -0.2) is 4.79 Å². The van der Waals surface area contributed by atoms with Gasteiger partial charge in [0, 0.05) is 26.3 Å². The van der Waals surface area contributed by atoms with Crippen LogP contribution >= 0.6 is 0 Å². The summed E-state index contributed by atoms with van der Waals surface area (Å²) in [6, 6.07) is 0. The maximum atomic E-state index is 12.0. The third-order valence-corrected chi connectivity index (χ3v) is 9.16. The van der Waals surface area contributed by atoms with Gasteiger partial charge >= 0.3 is 6.09 Å². The predicted molar refractivity (Wildman–Crippen MR) is 213 cm³/mol. The fraction of sp³-hybridized carbons (Fsp3) is 0.884. The molecule has 0 saturated heterocycles. The SMILES string of the molecule is CCCCCCCCC=CCCCCCCCCOCC(COC(=O)NCCNC)OCCCCCCCCC=CCCCCCCCC. The second-order valence-electron chi connectivity index (χ2n) is 14.1. The number of carbonyl (C=O) groups excluding carboxylic acids is 1. The highest BCUT2D eigenvalue weighted by atomic mass is 16.6. The molecule has 0 aromatic rings. The van der Waals surface area contributed by atoms with Crippen LogP contribution < -0.4 is 10.6 Å². The summed E-state index contributed by atoms with van der Waals surface area (Å²) >= 11 is 0. The minimum absolute atomic E-state index is 0.215. The number of alkyl carbamates (subject to hydrolysis) is 1. The van der Waals surface area contributed by atoms with Crippen molar-refractivity contribution in [2.75, 3.05) is 46.6 Å². The van der Waals surface area contributed by atoms with Gasteiger partial charge in [-0.2, -0.15) is 0 Å². The zero-order valence-corrected chi connectivity index (χ0v) is 33.1. The molecule has 0 fully saturated rings. The largest absolute Gasteiger partial charge is 0.447 e. The van der Waals surface area contributed by atoms with Crippen LogP contribution in [0, 0.1) is 0 Å². The normalized spacial score (nSPS) is 12.4. The average molecular weight is 693 g/mol. The number of hydrogen-bond acceptors (Lipinski definition) is 5. The van der Waals surface area contributed by atoms with Gasteiger partial charge in [0.2, 0.25) is 0 Å². The van der Waals surface area contributed by atoms with Gasteiger partial charge in [-0.05, 0) is 71.3 Å². The highest BCUT2D eigenvalue weighted by molar-refractivity contribution is 5.67. The first-order valence-corrected chi connectivity index (χ1v) is 21.3. The molecule has 0 aromatic carbocycles. The van der Waals surface area contributed by atoms with Crippen LogP contribution in [0.2, 0.25) is 0 Å². The fourth-order valence-electron chi connectivity index (χ4n) is 5.92. The Labute approximate surface area is 305 Å². The Morgan fingerprint density at radius 3 is 1.37 bits per heavy atom. The molecule has 0 spiro atoms. The van der Waals surface area contributed by atoms with Crippen LogP contribution in [0.1, 0.15) is 194 Å². The van der Waals surface area contributed by atoms with Gasteiger partial charge in [0.15, 0.2) is 0 Å². The Hall–Kier alpha value is -1.37. The third-order valence-electron chi connectivity index (χ3n) is 9.16. The fourth-order valence-corrected chi connectivity index (χ4v) is 5.92. The van der Waals surface area contributed by atoms with Crippen molar-refractivity contribution < 1.29 is 19.0 Å². The van der Waals surface area contributed by atoms with Crippen LogP contribution in [0.15, 0.2) is 24.3 Å². The summed E-state index contributed by atoms with van der Waals surface area (Å²) in [4.78, 5) is 12.0. The number of allylic oxidation sites excluding steroid dienone is 4. The molecular weight excluding hydrogens is 608 g/mol. The molecule has 0 bridgehead atoms. The van der Waals surface area contributed by atoms with E-state index in [1.54, 1.807) is 0 Å². The minimum Gasteiger partial charge on any atom is -0.447 e. The molecule has 0 aliphatic rings. The molecule has 1 unspecified atom stereocenters. The van der Waals surface area contributed by atoms with Gasteiger partial charge in [-0.3, -0.25) is 0 Å². The molecule has 0 radical (unpaired) electrons. The van der Waals surface area contributed by atoms with E-state index in [2.05, 4.69) is 48.8 Å². The second kappa shape index (κ2) is 42.8. The van der Waals surface area contributed by atoms with E-state index in [0.29, 0.717) is 26.3 Å². The molecule has 2 N–H and O–H groups in total. The van der Waals surface area contributed by atoms with Crippen LogP contribution in [0.25, 0.3) is 0 Å². The maximum absolute atomic E-state index is 12.0. The van der Waals surface area contributed by atoms with Crippen LogP contribution in [0.4, 0.5) is 4.79 Å². The molecule has 1 atom stereocenters. The van der Waals surface area contributed by atoms with E-state index >= 15 is 0 Å². The number of carbonyl (C=O) groups is 1. The standard InChI is InChI=1S/C43H84N2O4/c1-4-6-8-10-12-14-16-18-20-22-24-26-28-30-32-34-38-47-40-42(41-49-43(46)45-37-36-44-3)48-39-35-33-31-29-27-25-23-21-19-17-15-13-11-9-7-5-2/h18-21,42,44H,4-17,22-41H2,1-3H3,(H,45,46). The van der Waals surface area contributed by atoms with Crippen molar-refractivity contribution in [3.8, 4) is 0 Å². The molecule has 0 aliphatic carbocycles. The van der Waals surface area contributed by atoms with Crippen molar-refractivity contribution in [1.82, 2.24) is 10.6 Å². The van der Waals surface area contributed by atoms with Crippen LogP contribution in [-0.2, 0) is 14.2 Å². The number of rotatable bonds is 40. The Bertz CT molecular complexity index is 699. The number of ether oxygens (including phenoxy) is 3. The van der Waals surface area contributed by atoms with Crippen molar-refractivity contribution in [3.05, 3.63) is 24.3 Å². The van der Waals surface area contributed by atoms with E-state index in [4.69, 9.17) is 14.2 Å². The van der Waals surface area contributed by atoms with Crippen LogP contribution in [-0.4, -0.2) is 58.8 Å². The molecule has 6 heteroatoms. The van der Waals surface area contributed by atoms with E-state index in [1.807, 2.05) is 7.05 Å². The quantitative estimate of drug-likeness (QED) is 0.0494. The number of unbranched alkanes of at least 4 members (excludes halogenated alkanes) is 24. The molecule has 0 aliphatic heterocycles. The van der Waals surface area contributed by atoms with E-state index in [9.17, 15) is 4.79 Å². The first kappa shape index (κ1) is 47.6. The minimum atomic E-state index is -0.394. The molecule has 1 amide bonds. The molecule has 290 valence electrons. The maximum Gasteiger partial charge on any atom is 0.407 e. The van der Waals surface area contributed by atoms with Gasteiger partial charge in [0.25, 0.3) is 0 Å². The summed E-state index contributed by atoms with van der Waals surface area (Å²) in [6.45, 7) is 7.94. The number of amides is 1. The van der Waals surface area contributed by atoms with E-state index in [-0.39, 0.29) is 12.7 Å². The van der Waals surface area contributed by atoms with E-state index in [1.165, 1.54) is 167 Å². The summed E-state index contributed by atoms with van der Waals surface area (Å²) < 4.78 is 17.5. The Kier molecular flexibility index (Phi) is 41.6. The molecule has 0 aromatic heterocycles. The summed E-state index contributed by atoms with van der Waals surface area (Å²) in [5.41, 5.74) is 0. The molecule has 0 saturated carbocycles. The van der Waals surface area contributed by atoms with Crippen molar-refractivity contribution in [2.24, 2.45) is 0 Å². The second-order valence-corrected chi connectivity index (χ2v) is 14.1. The molecule has 0 heterocycles. The first-order chi connectivity index (χ1) is 24.2. The lowest BCUT2D eigenvalue weighted by atomic mass is 10.1. The van der Waals surface area contributed by atoms with Crippen molar-refractivity contribution in [3.63, 3.8) is 0 Å². The topological polar surface area (TPSA) is 68.8 Å². The van der Waals surface area contributed by atoms with Crippen LogP contribution in [0.5, 0.6) is 0 Å². The first-order valence-electron chi connectivity index (χ1n) is 21.3. The van der Waals surface area contributed by atoms with Crippen molar-refractivity contribution in [1.29, 1.82) is 0 Å². The Morgan fingerprint density at radius 2 is 0.918 bits per heavy atom. The molecular formula is C43H84N2O4. The van der Waals surface area contributed by atoms with E-state index in [0.717, 1.165) is 19.4 Å². The van der Waals surface area contributed by atoms with Crippen molar-refractivity contribution in [2.45, 2.75) is 200 Å². The van der Waals surface area contributed by atoms with Crippen molar-refractivity contribution >= 4 is 6.09 Å². The highest BCUT2D eigenvalue weighted by Crippen LogP contribution is 2.12. The number of nitrogens with one attached hydrogen (secondary N) is 2. The van der Waals surface area contributed by atoms with Gasteiger partial charge in [0.05, 0.1) is 6.61 Å². The van der Waals surface area contributed by atoms with Gasteiger partial charge in [-0.15, -0.1) is 0 Å². The predicted octanol–water partition coefficient (Wildman–Crippen LogP) is 12.4. The lowest BCUT2D eigenvalue weighted by Crippen LogP contribution is -2.34. The lowest BCUT2D eigenvalue weighted by Gasteiger charge is -2.18. The highest BCUT2D eigenvalue weighted by Gasteiger charge is 2.13. The zero-order valence-electron chi connectivity index (χ0n) is 33.1. The lowest BCUT2D eigenvalue weighted by molar-refractivity contribution is -0.0468. The Balaban J connectivity index is 3.88. The smallest absolute Gasteiger partial charge is 0.407 e. The summed E-state index contributed by atoms with van der Waals surface area (Å²) in [5.74, 6) is 0. The molecule has 0 rings (SSSR count). The monoisotopic (exact) mass is 693 g/mol. The van der Waals surface area contributed by atoms with E-state index < -0.39 is 6.09 Å². The summed E-state index contributed by atoms with van der Waals surface area (Å²) in [7, 11) is 1.86. The molecule has 6 nitrogen and oxygen atoms in total. The summed E-state index contributed by atoms with van der Waals surface area (Å²) in [6.07, 6.45) is 45.4. The zero-order chi connectivity index (χ0) is 35.6. The third kappa shape index (κ3) is 40.9.